The van der Waals surface area contributed by atoms with E-state index in [1.807, 2.05) is 4.90 Å². The van der Waals surface area contributed by atoms with E-state index in [0.29, 0.717) is 5.41 Å². The number of hydrogen-bond acceptors (Lipinski definition) is 3. The number of nitrogens with zero attached hydrogens (tertiary/aromatic N) is 2. The number of carbonyl (C=O) groups is 1. The molecule has 0 aromatic carbocycles. The van der Waals surface area contributed by atoms with Crippen molar-refractivity contribution in [1.29, 1.82) is 0 Å². The van der Waals surface area contributed by atoms with E-state index >= 15 is 0 Å². The smallest absolute Gasteiger partial charge is 0.236 e. The zero-order valence-corrected chi connectivity index (χ0v) is 10.1. The molecule has 0 atom stereocenters. The van der Waals surface area contributed by atoms with Crippen molar-refractivity contribution in [2.45, 2.75) is 20.8 Å². The van der Waals surface area contributed by atoms with Crippen molar-refractivity contribution in [2.24, 2.45) is 11.1 Å². The first kappa shape index (κ1) is 12.5. The molecule has 0 aromatic rings. The molecule has 0 aliphatic carbocycles. The van der Waals surface area contributed by atoms with Crippen molar-refractivity contribution in [3.05, 3.63) is 0 Å². The van der Waals surface area contributed by atoms with Crippen molar-refractivity contribution in [2.75, 3.05) is 39.3 Å². The molecule has 15 heavy (non-hydrogen) atoms. The van der Waals surface area contributed by atoms with E-state index in [9.17, 15) is 4.79 Å². The molecule has 0 aromatic heterocycles. The summed E-state index contributed by atoms with van der Waals surface area (Å²) in [5, 5.41) is 0. The number of hydrogen-bond donors (Lipinski definition) is 1. The Hall–Kier alpha value is -0.610. The van der Waals surface area contributed by atoms with Gasteiger partial charge in [-0.1, -0.05) is 20.8 Å². The second-order valence-electron chi connectivity index (χ2n) is 5.42. The largest absolute Gasteiger partial charge is 0.339 e. The van der Waals surface area contributed by atoms with E-state index in [1.54, 1.807) is 0 Å². The third-order valence-electron chi connectivity index (χ3n) is 2.60. The fraction of sp³-hybridized carbons (Fsp3) is 0.909. The van der Waals surface area contributed by atoms with E-state index in [0.717, 1.165) is 32.7 Å². The summed E-state index contributed by atoms with van der Waals surface area (Å²) in [7, 11) is 0. The average molecular weight is 213 g/mol. The van der Waals surface area contributed by atoms with Gasteiger partial charge in [0.25, 0.3) is 0 Å². The van der Waals surface area contributed by atoms with Gasteiger partial charge in [-0.25, -0.2) is 0 Å². The molecule has 1 heterocycles. The second kappa shape index (κ2) is 4.94. The van der Waals surface area contributed by atoms with Crippen LogP contribution in [0.1, 0.15) is 20.8 Å². The average Bonchev–Trinajstić information content (AvgIpc) is 2.15. The van der Waals surface area contributed by atoms with Crippen LogP contribution in [0.25, 0.3) is 0 Å². The highest BCUT2D eigenvalue weighted by atomic mass is 16.2. The lowest BCUT2D eigenvalue weighted by molar-refractivity contribution is -0.131. The Balaban J connectivity index is 2.33. The minimum atomic E-state index is 0.0745. The lowest BCUT2D eigenvalue weighted by Crippen LogP contribution is -2.51. The van der Waals surface area contributed by atoms with Gasteiger partial charge >= 0.3 is 0 Å². The third-order valence-corrected chi connectivity index (χ3v) is 2.60. The van der Waals surface area contributed by atoms with E-state index in [-0.39, 0.29) is 12.5 Å². The molecular formula is C11H23N3O. The van der Waals surface area contributed by atoms with Crippen LogP contribution < -0.4 is 5.73 Å². The van der Waals surface area contributed by atoms with Crippen molar-refractivity contribution < 1.29 is 4.79 Å². The Morgan fingerprint density at radius 2 is 1.73 bits per heavy atom. The van der Waals surface area contributed by atoms with Gasteiger partial charge in [0, 0.05) is 32.7 Å². The highest BCUT2D eigenvalue weighted by Gasteiger charge is 2.23. The Morgan fingerprint density at radius 3 is 2.13 bits per heavy atom. The summed E-state index contributed by atoms with van der Waals surface area (Å²) in [4.78, 5) is 15.6. The number of nitrogens with two attached hydrogens (primary N) is 1. The summed E-state index contributed by atoms with van der Waals surface area (Å²) in [6.45, 7) is 11.6. The summed E-state index contributed by atoms with van der Waals surface area (Å²) in [5.41, 5.74) is 5.67. The first-order valence-corrected chi connectivity index (χ1v) is 5.62. The van der Waals surface area contributed by atoms with E-state index in [1.165, 1.54) is 0 Å². The van der Waals surface area contributed by atoms with Gasteiger partial charge < -0.3 is 10.6 Å². The Labute approximate surface area is 92.4 Å². The summed E-state index contributed by atoms with van der Waals surface area (Å²) < 4.78 is 0. The van der Waals surface area contributed by atoms with E-state index < -0.39 is 0 Å². The van der Waals surface area contributed by atoms with Gasteiger partial charge in [-0.15, -0.1) is 0 Å². The van der Waals surface area contributed by atoms with Gasteiger partial charge in [0.2, 0.25) is 5.91 Å². The Bertz CT molecular complexity index is 214. The molecule has 0 saturated carbocycles. The zero-order valence-electron chi connectivity index (χ0n) is 10.1. The topological polar surface area (TPSA) is 49.6 Å². The molecule has 0 bridgehead atoms. The Kier molecular flexibility index (Phi) is 4.11. The normalized spacial score (nSPS) is 19.3. The molecule has 1 aliphatic heterocycles. The van der Waals surface area contributed by atoms with Gasteiger partial charge in [-0.2, -0.15) is 0 Å². The minimum absolute atomic E-state index is 0.0745. The molecule has 0 unspecified atom stereocenters. The van der Waals surface area contributed by atoms with Gasteiger partial charge in [0.15, 0.2) is 0 Å². The number of amides is 1. The lowest BCUT2D eigenvalue weighted by Gasteiger charge is -2.37. The maximum atomic E-state index is 11.3. The quantitative estimate of drug-likeness (QED) is 0.709. The van der Waals surface area contributed by atoms with Gasteiger partial charge in [-0.3, -0.25) is 9.69 Å². The molecule has 88 valence electrons. The van der Waals surface area contributed by atoms with Crippen LogP contribution in [0.4, 0.5) is 0 Å². The molecule has 0 radical (unpaired) electrons. The van der Waals surface area contributed by atoms with Crippen LogP contribution in [-0.2, 0) is 4.79 Å². The van der Waals surface area contributed by atoms with E-state index in [4.69, 9.17) is 5.73 Å². The monoisotopic (exact) mass is 213 g/mol. The molecule has 4 nitrogen and oxygen atoms in total. The zero-order chi connectivity index (χ0) is 11.5. The van der Waals surface area contributed by atoms with Gasteiger partial charge in [-0.05, 0) is 5.41 Å². The van der Waals surface area contributed by atoms with Gasteiger partial charge in [0.1, 0.15) is 0 Å². The van der Waals surface area contributed by atoms with Crippen LogP contribution in [0, 0.1) is 5.41 Å². The minimum Gasteiger partial charge on any atom is -0.339 e. The molecule has 0 spiro atoms. The number of carbonyl (C=O) groups excluding carboxylic acids is 1. The van der Waals surface area contributed by atoms with Crippen LogP contribution in [0.2, 0.25) is 0 Å². The highest BCUT2D eigenvalue weighted by Crippen LogP contribution is 2.16. The molecule has 1 saturated heterocycles. The van der Waals surface area contributed by atoms with Crippen molar-refractivity contribution in [3.8, 4) is 0 Å². The molecule has 4 heteroatoms. The maximum absolute atomic E-state index is 11.3. The summed E-state index contributed by atoms with van der Waals surface area (Å²) in [6, 6.07) is 0. The molecule has 1 amide bonds. The summed E-state index contributed by atoms with van der Waals surface area (Å²) in [5.74, 6) is 0.0745. The predicted octanol–water partition coefficient (Wildman–Crippen LogP) is 0.135. The third kappa shape index (κ3) is 4.18. The van der Waals surface area contributed by atoms with Crippen molar-refractivity contribution in [3.63, 3.8) is 0 Å². The Morgan fingerprint density at radius 1 is 1.20 bits per heavy atom. The number of rotatable bonds is 2. The second-order valence-corrected chi connectivity index (χ2v) is 5.42. The summed E-state index contributed by atoms with van der Waals surface area (Å²) in [6.07, 6.45) is 0. The fourth-order valence-electron chi connectivity index (χ4n) is 1.96. The molecule has 2 N–H and O–H groups in total. The van der Waals surface area contributed by atoms with Crippen molar-refractivity contribution in [1.82, 2.24) is 9.80 Å². The highest BCUT2D eigenvalue weighted by molar-refractivity contribution is 5.78. The van der Waals surface area contributed by atoms with Gasteiger partial charge in [0.05, 0.1) is 6.54 Å². The molecule has 1 fully saturated rings. The SMILES string of the molecule is CC(C)(C)CN1CCN(C(=O)CN)CC1. The van der Waals surface area contributed by atoms with Crippen LogP contribution in [-0.4, -0.2) is 55.0 Å². The first-order valence-electron chi connectivity index (χ1n) is 5.62. The standard InChI is InChI=1S/C11H23N3O/c1-11(2,3)9-13-4-6-14(7-5-13)10(15)8-12/h4-9,12H2,1-3H3. The van der Waals surface area contributed by atoms with E-state index in [2.05, 4.69) is 25.7 Å². The molecule has 1 rings (SSSR count). The van der Waals surface area contributed by atoms with Crippen molar-refractivity contribution >= 4 is 5.91 Å². The fourth-order valence-corrected chi connectivity index (χ4v) is 1.96. The lowest BCUT2D eigenvalue weighted by atomic mass is 9.96. The number of piperazine rings is 1. The maximum Gasteiger partial charge on any atom is 0.236 e. The summed E-state index contributed by atoms with van der Waals surface area (Å²) >= 11 is 0. The van der Waals surface area contributed by atoms with Crippen LogP contribution in [0.5, 0.6) is 0 Å². The molecular weight excluding hydrogens is 190 g/mol. The van der Waals surface area contributed by atoms with Crippen LogP contribution >= 0.6 is 0 Å². The first-order chi connectivity index (χ1) is 6.92. The molecule has 1 aliphatic rings. The van der Waals surface area contributed by atoms with Crippen LogP contribution in [0.15, 0.2) is 0 Å². The predicted molar refractivity (Wildman–Crippen MR) is 61.5 cm³/mol. The van der Waals surface area contributed by atoms with Crippen LogP contribution in [0.3, 0.4) is 0 Å².